The van der Waals surface area contributed by atoms with Crippen molar-refractivity contribution in [1.82, 2.24) is 0 Å². The van der Waals surface area contributed by atoms with E-state index in [2.05, 4.69) is 6.92 Å². The zero-order valence-electron chi connectivity index (χ0n) is 9.47. The molecule has 0 heterocycles. The molecule has 0 saturated heterocycles. The molecular weight excluding hydrogens is 301 g/mol. The molecule has 0 bridgehead atoms. The second-order valence-corrected chi connectivity index (χ2v) is 4.51. The summed E-state index contributed by atoms with van der Waals surface area (Å²) in [6.45, 7) is 3.73. The van der Waals surface area contributed by atoms with E-state index in [9.17, 15) is 5.11 Å². The molecule has 0 aliphatic heterocycles. The van der Waals surface area contributed by atoms with E-state index in [0.717, 1.165) is 0 Å². The first-order valence-corrected chi connectivity index (χ1v) is 5.81. The van der Waals surface area contributed by atoms with Crippen molar-refractivity contribution in [2.45, 2.75) is 64.7 Å². The van der Waals surface area contributed by atoms with Crippen LogP contribution in [0.2, 0.25) is 0 Å². The number of aliphatic hydroxyl groups excluding tert-OH is 1. The summed E-state index contributed by atoms with van der Waals surface area (Å²) in [5.74, 6) is 0. The summed E-state index contributed by atoms with van der Waals surface area (Å²) in [6, 6.07) is 0. The van der Waals surface area contributed by atoms with Crippen molar-refractivity contribution in [2.75, 3.05) is 0 Å². The first-order valence-electron chi connectivity index (χ1n) is 5.81. The Morgan fingerprint density at radius 2 is 1.79 bits per heavy atom. The van der Waals surface area contributed by atoms with Gasteiger partial charge in [-0.1, -0.05) is 64.7 Å². The molecule has 1 aliphatic rings. The van der Waals surface area contributed by atoms with Gasteiger partial charge in [-0.15, -0.1) is 5.41 Å². The molecular formula is C12H23OPr-. The minimum atomic E-state index is 0. The molecule has 1 nitrogen and oxygen atoms in total. The van der Waals surface area contributed by atoms with E-state index < -0.39 is 0 Å². The van der Waals surface area contributed by atoms with Crippen LogP contribution in [0.25, 0.3) is 0 Å². The van der Waals surface area contributed by atoms with Gasteiger partial charge in [0.15, 0.2) is 0 Å². The average molecular weight is 324 g/mol. The van der Waals surface area contributed by atoms with Gasteiger partial charge in [-0.3, -0.25) is 0 Å². The van der Waals surface area contributed by atoms with E-state index in [4.69, 9.17) is 0 Å². The molecule has 1 aliphatic carbocycles. The average Bonchev–Trinajstić information content (AvgIpc) is 2.20. The standard InChI is InChI=1S/C12H23O.Pr/c1-2-3-5-8-12(11-13)9-6-4-7-10-12;/h11,13H,2-10H2,1H3;/q-1;. The molecule has 1 saturated carbocycles. The Balaban J connectivity index is 0.00000169. The Kier molecular flexibility index (Phi) is 9.27. The maximum absolute atomic E-state index is 9.32. The van der Waals surface area contributed by atoms with Crippen molar-refractivity contribution in [3.05, 3.63) is 6.61 Å². The molecule has 2 heteroatoms. The van der Waals surface area contributed by atoms with Gasteiger partial charge in [0.05, 0.1) is 0 Å². The number of unbranched alkanes of at least 4 members (excludes halogenated alkanes) is 2. The third kappa shape index (κ3) is 4.90. The van der Waals surface area contributed by atoms with Crippen LogP contribution in [0.3, 0.4) is 0 Å². The molecule has 0 unspecified atom stereocenters. The van der Waals surface area contributed by atoms with Crippen molar-refractivity contribution in [1.29, 1.82) is 0 Å². The number of hydrogen-bond donors (Lipinski definition) is 1. The van der Waals surface area contributed by atoms with Crippen molar-refractivity contribution < 1.29 is 46.4 Å². The molecule has 0 atom stereocenters. The summed E-state index contributed by atoms with van der Waals surface area (Å²) in [7, 11) is 0. The Morgan fingerprint density at radius 1 is 1.14 bits per heavy atom. The fourth-order valence-electron chi connectivity index (χ4n) is 2.43. The minimum Gasteiger partial charge on any atom is -0.565 e. The van der Waals surface area contributed by atoms with Crippen LogP contribution in [-0.2, 0) is 0 Å². The maximum atomic E-state index is 9.32. The van der Waals surface area contributed by atoms with Crippen LogP contribution in [0.1, 0.15) is 64.7 Å². The predicted molar refractivity (Wildman–Crippen MR) is 55.9 cm³/mol. The summed E-state index contributed by atoms with van der Waals surface area (Å²) < 4.78 is 0. The topological polar surface area (TPSA) is 20.2 Å². The summed E-state index contributed by atoms with van der Waals surface area (Å²) in [4.78, 5) is 0. The molecule has 0 aromatic heterocycles. The van der Waals surface area contributed by atoms with Crippen LogP contribution in [0.15, 0.2) is 0 Å². The fraction of sp³-hybridized carbons (Fsp3) is 0.917. The van der Waals surface area contributed by atoms with E-state index >= 15 is 0 Å². The van der Waals surface area contributed by atoms with Crippen molar-refractivity contribution in [3.8, 4) is 0 Å². The Morgan fingerprint density at radius 3 is 2.29 bits per heavy atom. The maximum Gasteiger partial charge on any atom is 0 e. The molecule has 1 radical (unpaired) electrons. The molecule has 81 valence electrons. The molecule has 0 aromatic carbocycles. The summed E-state index contributed by atoms with van der Waals surface area (Å²) in [6.07, 6.45) is 11.5. The molecule has 14 heavy (non-hydrogen) atoms. The summed E-state index contributed by atoms with van der Waals surface area (Å²) in [5, 5.41) is 9.32. The van der Waals surface area contributed by atoms with E-state index in [1.165, 1.54) is 64.4 Å². The Bertz CT molecular complexity index is 130. The molecule has 0 amide bonds. The largest absolute Gasteiger partial charge is 0.565 e. The van der Waals surface area contributed by atoms with Crippen LogP contribution >= 0.6 is 0 Å². The summed E-state index contributed by atoms with van der Waals surface area (Å²) >= 11 is 0. The van der Waals surface area contributed by atoms with E-state index in [0.29, 0.717) is 0 Å². The van der Waals surface area contributed by atoms with Gasteiger partial charge in [0, 0.05) is 41.3 Å². The fourth-order valence-corrected chi connectivity index (χ4v) is 2.43. The number of hydrogen-bond acceptors (Lipinski definition) is 1. The van der Waals surface area contributed by atoms with Crippen molar-refractivity contribution >= 4 is 0 Å². The van der Waals surface area contributed by atoms with Crippen molar-refractivity contribution in [3.63, 3.8) is 0 Å². The van der Waals surface area contributed by atoms with E-state index in [-0.39, 0.29) is 46.7 Å². The number of aliphatic hydroxyl groups is 1. The van der Waals surface area contributed by atoms with E-state index in [1.807, 2.05) is 0 Å². The second-order valence-electron chi connectivity index (χ2n) is 4.51. The normalized spacial score (nSPS) is 20.1. The Labute approximate surface area is 122 Å². The van der Waals surface area contributed by atoms with Gasteiger partial charge in [0.2, 0.25) is 0 Å². The smallest absolute Gasteiger partial charge is 0 e. The van der Waals surface area contributed by atoms with Crippen LogP contribution in [0.4, 0.5) is 0 Å². The SMILES string of the molecule is CCCCCC1([CH-]O)CCCCC1.[Pr]. The van der Waals surface area contributed by atoms with Crippen LogP contribution < -0.4 is 0 Å². The van der Waals surface area contributed by atoms with Gasteiger partial charge in [-0.05, 0) is 0 Å². The molecule has 1 fully saturated rings. The second kappa shape index (κ2) is 8.47. The van der Waals surface area contributed by atoms with Crippen LogP contribution in [0.5, 0.6) is 0 Å². The quantitative estimate of drug-likeness (QED) is 0.597. The van der Waals surface area contributed by atoms with Gasteiger partial charge < -0.3 is 5.11 Å². The van der Waals surface area contributed by atoms with Crippen LogP contribution in [0, 0.1) is 53.3 Å². The molecule has 0 aromatic rings. The number of rotatable bonds is 5. The Hall–Kier alpha value is 1.32. The summed E-state index contributed by atoms with van der Waals surface area (Å²) in [5.41, 5.74) is 0.202. The van der Waals surface area contributed by atoms with Gasteiger partial charge in [0.25, 0.3) is 0 Å². The van der Waals surface area contributed by atoms with Crippen LogP contribution in [-0.4, -0.2) is 5.11 Å². The van der Waals surface area contributed by atoms with Gasteiger partial charge in [-0.25, -0.2) is 6.61 Å². The third-order valence-corrected chi connectivity index (χ3v) is 3.40. The predicted octanol–water partition coefficient (Wildman–Crippen LogP) is 4.05. The van der Waals surface area contributed by atoms with Gasteiger partial charge in [-0.2, -0.15) is 0 Å². The zero-order valence-corrected chi connectivity index (χ0v) is 13.2. The molecule has 1 rings (SSSR count). The first-order chi connectivity index (χ1) is 6.33. The van der Waals surface area contributed by atoms with Gasteiger partial charge >= 0.3 is 0 Å². The molecule has 1 N–H and O–H groups in total. The van der Waals surface area contributed by atoms with Gasteiger partial charge in [0.1, 0.15) is 0 Å². The van der Waals surface area contributed by atoms with Crippen molar-refractivity contribution in [2.24, 2.45) is 5.41 Å². The van der Waals surface area contributed by atoms with E-state index in [1.54, 1.807) is 0 Å². The molecule has 0 spiro atoms. The minimum absolute atomic E-state index is 0. The zero-order chi connectivity index (χ0) is 9.57. The first kappa shape index (κ1) is 15.3. The monoisotopic (exact) mass is 324 g/mol. The third-order valence-electron chi connectivity index (χ3n) is 3.40.